The zero-order chi connectivity index (χ0) is 11.5. The third kappa shape index (κ3) is 3.72. The Kier molecular flexibility index (Phi) is 4.52. The van der Waals surface area contributed by atoms with Crippen molar-refractivity contribution in [3.63, 3.8) is 0 Å². The Balaban J connectivity index is 2.29. The van der Waals surface area contributed by atoms with Crippen molar-refractivity contribution in [3.05, 3.63) is 0 Å². The zero-order valence-electron chi connectivity index (χ0n) is 10.3. The number of aliphatic hydroxyl groups is 1. The molecule has 2 N–H and O–H groups in total. The fourth-order valence-corrected chi connectivity index (χ4v) is 1.90. The average molecular weight is 216 g/mol. The van der Waals surface area contributed by atoms with E-state index in [2.05, 4.69) is 19.2 Å². The lowest BCUT2D eigenvalue weighted by molar-refractivity contribution is 0.0757. The summed E-state index contributed by atoms with van der Waals surface area (Å²) >= 11 is 0. The Hall–Kier alpha value is -0.160. The van der Waals surface area contributed by atoms with Crippen LogP contribution in [0.2, 0.25) is 0 Å². The molecule has 0 bridgehead atoms. The van der Waals surface area contributed by atoms with Crippen molar-refractivity contribution < 1.29 is 9.84 Å². The second kappa shape index (κ2) is 5.25. The summed E-state index contributed by atoms with van der Waals surface area (Å²) in [6.45, 7) is 6.38. The van der Waals surface area contributed by atoms with Crippen LogP contribution >= 0.6 is 0 Å². The molecule has 3 unspecified atom stereocenters. The van der Waals surface area contributed by atoms with E-state index >= 15 is 0 Å². The van der Waals surface area contributed by atoms with Crippen LogP contribution in [-0.2, 0) is 4.74 Å². The summed E-state index contributed by atoms with van der Waals surface area (Å²) < 4.78 is 5.53. The summed E-state index contributed by atoms with van der Waals surface area (Å²) in [7, 11) is 3.93. The number of aliphatic hydroxyl groups excluding tert-OH is 1. The monoisotopic (exact) mass is 216 g/mol. The van der Waals surface area contributed by atoms with Gasteiger partial charge in [0.15, 0.2) is 0 Å². The van der Waals surface area contributed by atoms with Crippen molar-refractivity contribution in [2.24, 2.45) is 0 Å². The van der Waals surface area contributed by atoms with Crippen LogP contribution in [0.1, 0.15) is 20.3 Å². The largest absolute Gasteiger partial charge is 0.390 e. The Labute approximate surface area is 92.6 Å². The molecule has 1 aliphatic rings. The van der Waals surface area contributed by atoms with Gasteiger partial charge >= 0.3 is 0 Å². The van der Waals surface area contributed by atoms with E-state index in [9.17, 15) is 5.11 Å². The first-order valence-electron chi connectivity index (χ1n) is 5.63. The first-order valence-corrected chi connectivity index (χ1v) is 5.63. The topological polar surface area (TPSA) is 44.7 Å². The number of hydrogen-bond acceptors (Lipinski definition) is 4. The Morgan fingerprint density at radius 2 is 2.27 bits per heavy atom. The summed E-state index contributed by atoms with van der Waals surface area (Å²) in [5.41, 5.74) is 0.0211. The molecule has 0 aromatic heterocycles. The second-order valence-corrected chi connectivity index (χ2v) is 4.98. The molecule has 15 heavy (non-hydrogen) atoms. The summed E-state index contributed by atoms with van der Waals surface area (Å²) in [6.07, 6.45) is 0.928. The highest BCUT2D eigenvalue weighted by atomic mass is 16.5. The number of nitrogens with zero attached hydrogens (tertiary/aromatic N) is 1. The molecule has 1 heterocycles. The van der Waals surface area contributed by atoms with Crippen LogP contribution in [-0.4, -0.2) is 61.5 Å². The predicted molar refractivity (Wildman–Crippen MR) is 61.0 cm³/mol. The van der Waals surface area contributed by atoms with Gasteiger partial charge in [-0.2, -0.15) is 0 Å². The Morgan fingerprint density at radius 3 is 2.73 bits per heavy atom. The quantitative estimate of drug-likeness (QED) is 0.682. The van der Waals surface area contributed by atoms with Gasteiger partial charge < -0.3 is 20.1 Å². The molecule has 1 rings (SSSR count). The minimum absolute atomic E-state index is 0.0211. The SMILES string of the molecule is CC1OCCC1(C)NCC(O)CN(C)C. The van der Waals surface area contributed by atoms with Gasteiger partial charge in [0, 0.05) is 25.2 Å². The molecule has 3 atom stereocenters. The van der Waals surface area contributed by atoms with E-state index in [0.717, 1.165) is 13.0 Å². The summed E-state index contributed by atoms with van der Waals surface area (Å²) in [6, 6.07) is 0. The minimum Gasteiger partial charge on any atom is -0.390 e. The number of hydrogen-bond donors (Lipinski definition) is 2. The lowest BCUT2D eigenvalue weighted by Crippen LogP contribution is -2.51. The van der Waals surface area contributed by atoms with Crippen molar-refractivity contribution in [2.45, 2.75) is 38.0 Å². The van der Waals surface area contributed by atoms with Crippen LogP contribution < -0.4 is 5.32 Å². The third-order valence-corrected chi connectivity index (χ3v) is 3.20. The molecule has 90 valence electrons. The van der Waals surface area contributed by atoms with E-state index in [1.807, 2.05) is 19.0 Å². The standard InChI is InChI=1S/C11H24N2O2/c1-9-11(2,5-6-15-9)12-7-10(14)8-13(3)4/h9-10,12,14H,5-8H2,1-4H3. The normalized spacial score (nSPS) is 33.6. The van der Waals surface area contributed by atoms with E-state index in [1.165, 1.54) is 0 Å². The van der Waals surface area contributed by atoms with Gasteiger partial charge in [-0.1, -0.05) is 0 Å². The van der Waals surface area contributed by atoms with Gasteiger partial charge in [0.1, 0.15) is 0 Å². The van der Waals surface area contributed by atoms with Gasteiger partial charge in [-0.25, -0.2) is 0 Å². The number of ether oxygens (including phenoxy) is 1. The molecule has 0 aliphatic carbocycles. The smallest absolute Gasteiger partial charge is 0.0791 e. The number of nitrogens with one attached hydrogen (secondary N) is 1. The molecule has 1 aliphatic heterocycles. The lowest BCUT2D eigenvalue weighted by atomic mass is 9.94. The molecule has 4 heteroatoms. The number of β-amino-alcohol motifs (C(OH)–C–C–N with tert-alkyl or cyclic N) is 1. The Bertz CT molecular complexity index is 199. The molecular weight excluding hydrogens is 192 g/mol. The zero-order valence-corrected chi connectivity index (χ0v) is 10.3. The van der Waals surface area contributed by atoms with Crippen molar-refractivity contribution >= 4 is 0 Å². The summed E-state index contributed by atoms with van der Waals surface area (Å²) in [5.74, 6) is 0. The first-order chi connectivity index (χ1) is 6.94. The highest BCUT2D eigenvalue weighted by Gasteiger charge is 2.36. The third-order valence-electron chi connectivity index (χ3n) is 3.20. The fraction of sp³-hybridized carbons (Fsp3) is 1.00. The maximum Gasteiger partial charge on any atom is 0.0791 e. The van der Waals surface area contributed by atoms with Gasteiger partial charge in [0.05, 0.1) is 12.2 Å². The van der Waals surface area contributed by atoms with Gasteiger partial charge in [-0.15, -0.1) is 0 Å². The molecule has 0 saturated carbocycles. The molecule has 0 spiro atoms. The van der Waals surface area contributed by atoms with Crippen molar-refractivity contribution in [3.8, 4) is 0 Å². The van der Waals surface area contributed by atoms with Gasteiger partial charge in [-0.05, 0) is 34.4 Å². The van der Waals surface area contributed by atoms with E-state index in [1.54, 1.807) is 0 Å². The van der Waals surface area contributed by atoms with E-state index in [-0.39, 0.29) is 17.7 Å². The predicted octanol–water partition coefficient (Wildman–Crippen LogP) is 0.0660. The lowest BCUT2D eigenvalue weighted by Gasteiger charge is -2.30. The highest BCUT2D eigenvalue weighted by Crippen LogP contribution is 2.24. The van der Waals surface area contributed by atoms with Gasteiger partial charge in [0.25, 0.3) is 0 Å². The minimum atomic E-state index is -0.315. The van der Waals surface area contributed by atoms with E-state index < -0.39 is 0 Å². The number of likely N-dealkylation sites (N-methyl/N-ethyl adjacent to an activating group) is 1. The van der Waals surface area contributed by atoms with E-state index in [0.29, 0.717) is 13.1 Å². The molecule has 0 radical (unpaired) electrons. The summed E-state index contributed by atoms with van der Waals surface area (Å²) in [5, 5.41) is 13.1. The van der Waals surface area contributed by atoms with Crippen LogP contribution in [0.3, 0.4) is 0 Å². The first kappa shape index (κ1) is 12.9. The van der Waals surface area contributed by atoms with Crippen LogP contribution in [0, 0.1) is 0 Å². The van der Waals surface area contributed by atoms with E-state index in [4.69, 9.17) is 4.74 Å². The maximum atomic E-state index is 9.74. The van der Waals surface area contributed by atoms with Gasteiger partial charge in [0.2, 0.25) is 0 Å². The molecule has 4 nitrogen and oxygen atoms in total. The molecule has 1 fully saturated rings. The van der Waals surface area contributed by atoms with Crippen molar-refractivity contribution in [2.75, 3.05) is 33.8 Å². The number of rotatable bonds is 5. The molecular formula is C11H24N2O2. The maximum absolute atomic E-state index is 9.74. The van der Waals surface area contributed by atoms with Crippen molar-refractivity contribution in [1.82, 2.24) is 10.2 Å². The summed E-state index contributed by atoms with van der Waals surface area (Å²) in [4.78, 5) is 1.99. The van der Waals surface area contributed by atoms with Crippen molar-refractivity contribution in [1.29, 1.82) is 0 Å². The average Bonchev–Trinajstić information content (AvgIpc) is 2.44. The Morgan fingerprint density at radius 1 is 1.60 bits per heavy atom. The molecule has 0 aromatic carbocycles. The van der Waals surface area contributed by atoms with Crippen LogP contribution in [0.25, 0.3) is 0 Å². The van der Waals surface area contributed by atoms with Crippen LogP contribution in [0.4, 0.5) is 0 Å². The fourth-order valence-electron chi connectivity index (χ4n) is 1.90. The second-order valence-electron chi connectivity index (χ2n) is 4.98. The van der Waals surface area contributed by atoms with Gasteiger partial charge in [-0.3, -0.25) is 0 Å². The molecule has 0 aromatic rings. The molecule has 0 amide bonds. The van der Waals surface area contributed by atoms with Crippen LogP contribution in [0.15, 0.2) is 0 Å². The highest BCUT2D eigenvalue weighted by molar-refractivity contribution is 4.93. The molecule has 1 saturated heterocycles. The van der Waals surface area contributed by atoms with Crippen LogP contribution in [0.5, 0.6) is 0 Å².